The van der Waals surface area contributed by atoms with Crippen molar-refractivity contribution in [1.29, 1.82) is 0 Å². The lowest BCUT2D eigenvalue weighted by Crippen LogP contribution is -2.38. The molecule has 0 aromatic heterocycles. The van der Waals surface area contributed by atoms with Crippen molar-refractivity contribution in [3.05, 3.63) is 59.7 Å². The molecule has 1 N–H and O–H groups in total. The number of ether oxygens (including phenoxy) is 2. The quantitative estimate of drug-likeness (QED) is 0.765. The molecule has 2 aromatic rings. The number of amides is 2. The third-order valence-electron chi connectivity index (χ3n) is 4.57. The van der Waals surface area contributed by atoms with Gasteiger partial charge in [-0.1, -0.05) is 18.2 Å². The maximum Gasteiger partial charge on any atom is 0.412 e. The second-order valence-corrected chi connectivity index (χ2v) is 8.23. The van der Waals surface area contributed by atoms with Crippen LogP contribution in [0.1, 0.15) is 43.6 Å². The van der Waals surface area contributed by atoms with Crippen LogP contribution >= 0.6 is 0 Å². The van der Waals surface area contributed by atoms with E-state index in [4.69, 9.17) is 9.47 Å². The molecular weight excluding hydrogens is 384 g/mol. The lowest BCUT2D eigenvalue weighted by Gasteiger charge is -2.22. The van der Waals surface area contributed by atoms with Gasteiger partial charge in [0.2, 0.25) is 0 Å². The Labute approximate surface area is 176 Å². The number of carbonyl (C=O) groups excluding carboxylic acids is 3. The fourth-order valence-corrected chi connectivity index (χ4v) is 3.34. The molecule has 2 aromatic carbocycles. The largest absolute Gasteiger partial charge is 0.452 e. The maximum atomic E-state index is 12.6. The zero-order valence-corrected chi connectivity index (χ0v) is 17.6. The number of nitrogens with zero attached hydrogens (tertiary/aromatic N) is 1. The average Bonchev–Trinajstić information content (AvgIpc) is 3.00. The maximum absolute atomic E-state index is 12.6. The van der Waals surface area contributed by atoms with Gasteiger partial charge >= 0.3 is 12.1 Å². The highest BCUT2D eigenvalue weighted by molar-refractivity contribution is 5.99. The van der Waals surface area contributed by atoms with Gasteiger partial charge in [-0.3, -0.25) is 10.1 Å². The van der Waals surface area contributed by atoms with Crippen LogP contribution in [0.15, 0.2) is 48.5 Å². The van der Waals surface area contributed by atoms with Crippen molar-refractivity contribution in [2.24, 2.45) is 0 Å². The number of hydrogen-bond acceptors (Lipinski definition) is 5. The van der Waals surface area contributed by atoms with Crippen molar-refractivity contribution in [2.45, 2.75) is 45.8 Å². The molecule has 2 amide bonds. The van der Waals surface area contributed by atoms with Gasteiger partial charge in [-0.05, 0) is 70.0 Å². The van der Waals surface area contributed by atoms with Gasteiger partial charge in [0.15, 0.2) is 6.61 Å². The lowest BCUT2D eigenvalue weighted by molar-refractivity contribution is -0.122. The van der Waals surface area contributed by atoms with Crippen LogP contribution in [0.3, 0.4) is 0 Å². The van der Waals surface area contributed by atoms with Crippen LogP contribution in [-0.4, -0.2) is 36.2 Å². The van der Waals surface area contributed by atoms with Crippen LogP contribution in [0.5, 0.6) is 0 Å². The predicted molar refractivity (Wildman–Crippen MR) is 114 cm³/mol. The van der Waals surface area contributed by atoms with Gasteiger partial charge in [-0.25, -0.2) is 9.59 Å². The van der Waals surface area contributed by atoms with E-state index in [0.29, 0.717) is 5.69 Å². The number of fused-ring (bicyclic) bond motifs is 1. The molecule has 1 aliphatic heterocycles. The van der Waals surface area contributed by atoms with Gasteiger partial charge in [-0.15, -0.1) is 0 Å². The Morgan fingerprint density at radius 2 is 1.73 bits per heavy atom. The van der Waals surface area contributed by atoms with Crippen LogP contribution in [0.2, 0.25) is 0 Å². The van der Waals surface area contributed by atoms with Crippen molar-refractivity contribution in [3.8, 4) is 0 Å². The van der Waals surface area contributed by atoms with Gasteiger partial charge < -0.3 is 14.4 Å². The van der Waals surface area contributed by atoms with Gasteiger partial charge in [0.1, 0.15) is 5.60 Å². The number of nitrogens with one attached hydrogen (secondary N) is 1. The van der Waals surface area contributed by atoms with E-state index in [1.165, 1.54) is 12.1 Å². The number of benzene rings is 2. The molecule has 3 rings (SSSR count). The summed E-state index contributed by atoms with van der Waals surface area (Å²) in [6, 6.07) is 13.9. The Hall–Kier alpha value is -3.35. The molecule has 158 valence electrons. The summed E-state index contributed by atoms with van der Waals surface area (Å²) >= 11 is 0. The molecule has 0 bridgehead atoms. The normalized spacial score (nSPS) is 15.3. The Kier molecular flexibility index (Phi) is 6.10. The Balaban J connectivity index is 1.55. The van der Waals surface area contributed by atoms with Crippen LogP contribution in [0.25, 0.3) is 0 Å². The molecule has 7 nitrogen and oxygen atoms in total. The van der Waals surface area contributed by atoms with E-state index in [1.54, 1.807) is 37.8 Å². The van der Waals surface area contributed by atoms with E-state index in [2.05, 4.69) is 5.32 Å². The molecule has 1 atom stereocenters. The van der Waals surface area contributed by atoms with E-state index in [-0.39, 0.29) is 24.1 Å². The number of carbonyl (C=O) groups is 3. The van der Waals surface area contributed by atoms with Crippen LogP contribution in [0, 0.1) is 0 Å². The van der Waals surface area contributed by atoms with E-state index >= 15 is 0 Å². The fourth-order valence-electron chi connectivity index (χ4n) is 3.34. The minimum Gasteiger partial charge on any atom is -0.452 e. The summed E-state index contributed by atoms with van der Waals surface area (Å²) in [4.78, 5) is 38.4. The van der Waals surface area contributed by atoms with Gasteiger partial charge in [0.25, 0.3) is 5.91 Å². The molecule has 0 spiro atoms. The summed E-state index contributed by atoms with van der Waals surface area (Å²) < 4.78 is 10.4. The van der Waals surface area contributed by atoms with Crippen LogP contribution in [0.4, 0.5) is 16.2 Å². The highest BCUT2D eigenvalue weighted by Crippen LogP contribution is 2.31. The Bertz CT molecular complexity index is 947. The molecule has 0 aliphatic carbocycles. The topological polar surface area (TPSA) is 84.9 Å². The third-order valence-corrected chi connectivity index (χ3v) is 4.57. The monoisotopic (exact) mass is 410 g/mol. The molecule has 0 unspecified atom stereocenters. The molecule has 0 saturated heterocycles. The first-order chi connectivity index (χ1) is 14.1. The molecule has 0 saturated carbocycles. The number of anilines is 2. The predicted octanol–water partition coefficient (Wildman–Crippen LogP) is 4.17. The molecule has 1 aliphatic rings. The summed E-state index contributed by atoms with van der Waals surface area (Å²) in [7, 11) is 0. The first-order valence-corrected chi connectivity index (χ1v) is 9.81. The molecule has 7 heteroatoms. The number of esters is 1. The molecule has 1 heterocycles. The zero-order valence-electron chi connectivity index (χ0n) is 17.6. The van der Waals surface area contributed by atoms with Crippen molar-refractivity contribution in [2.75, 3.05) is 16.8 Å². The van der Waals surface area contributed by atoms with Crippen molar-refractivity contribution >= 4 is 29.3 Å². The number of rotatable bonds is 4. The first-order valence-electron chi connectivity index (χ1n) is 9.81. The van der Waals surface area contributed by atoms with E-state index in [1.807, 2.05) is 31.2 Å². The lowest BCUT2D eigenvalue weighted by atomic mass is 10.1. The average molecular weight is 410 g/mol. The minimum absolute atomic E-state index is 0.0202. The van der Waals surface area contributed by atoms with Gasteiger partial charge in [-0.2, -0.15) is 0 Å². The third kappa shape index (κ3) is 5.17. The van der Waals surface area contributed by atoms with Crippen molar-refractivity contribution < 1.29 is 23.9 Å². The number of para-hydroxylation sites is 1. The van der Waals surface area contributed by atoms with E-state index in [9.17, 15) is 14.4 Å². The highest BCUT2D eigenvalue weighted by Gasteiger charge is 2.31. The zero-order chi connectivity index (χ0) is 21.9. The van der Waals surface area contributed by atoms with Gasteiger partial charge in [0.05, 0.1) is 5.56 Å². The highest BCUT2D eigenvalue weighted by atomic mass is 16.6. The second kappa shape index (κ2) is 8.57. The minimum atomic E-state index is -0.604. The Morgan fingerprint density at radius 3 is 2.40 bits per heavy atom. The SMILES string of the molecule is C[C@@H]1Cc2ccccc2N1C(=O)COC(=O)c1ccc(NC(=O)OC(C)(C)C)cc1. The van der Waals surface area contributed by atoms with Crippen molar-refractivity contribution in [3.63, 3.8) is 0 Å². The molecule has 0 fully saturated rings. The summed E-state index contributed by atoms with van der Waals surface area (Å²) in [5.41, 5.74) is 2.14. The molecule has 30 heavy (non-hydrogen) atoms. The summed E-state index contributed by atoms with van der Waals surface area (Å²) in [6.07, 6.45) is 0.200. The van der Waals surface area contributed by atoms with Crippen molar-refractivity contribution in [1.82, 2.24) is 0 Å². The fraction of sp³-hybridized carbons (Fsp3) is 0.348. The smallest absolute Gasteiger partial charge is 0.412 e. The van der Waals surface area contributed by atoms with Crippen LogP contribution in [-0.2, 0) is 20.7 Å². The molecular formula is C23H26N2O5. The van der Waals surface area contributed by atoms with Crippen LogP contribution < -0.4 is 10.2 Å². The molecule has 0 radical (unpaired) electrons. The van der Waals surface area contributed by atoms with Gasteiger partial charge in [0, 0.05) is 17.4 Å². The summed E-state index contributed by atoms with van der Waals surface area (Å²) in [5.74, 6) is -0.865. The summed E-state index contributed by atoms with van der Waals surface area (Å²) in [6.45, 7) is 6.95. The Morgan fingerprint density at radius 1 is 1.07 bits per heavy atom. The standard InChI is InChI=1S/C23H26N2O5/c1-15-13-17-7-5-6-8-19(17)25(15)20(26)14-29-21(27)16-9-11-18(12-10-16)24-22(28)30-23(2,3)4/h5-12,15H,13-14H2,1-4H3,(H,24,28)/t15-/m1/s1. The second-order valence-electron chi connectivity index (χ2n) is 8.23. The first kappa shape index (κ1) is 21.4. The summed E-state index contributed by atoms with van der Waals surface area (Å²) in [5, 5.41) is 2.59. The van der Waals surface area contributed by atoms with E-state index in [0.717, 1.165) is 17.7 Å². The number of hydrogen-bond donors (Lipinski definition) is 1. The van der Waals surface area contributed by atoms with E-state index < -0.39 is 17.7 Å².